The molecule has 0 N–H and O–H groups in total. The Hall–Kier alpha value is -0.520. The van der Waals surface area contributed by atoms with Crippen LogP contribution in [-0.4, -0.2) is 0 Å². The van der Waals surface area contributed by atoms with E-state index in [1.165, 1.54) is 19.3 Å². The first-order chi connectivity index (χ1) is 5.16. The molecular weight excluding hydrogens is 132 g/mol. The summed E-state index contributed by atoms with van der Waals surface area (Å²) in [4.78, 5) is 0. The molecule has 0 aliphatic rings. The molecule has 0 spiro atoms. The zero-order valence-electron chi connectivity index (χ0n) is 8.06. The van der Waals surface area contributed by atoms with Crippen LogP contribution in [0.2, 0.25) is 0 Å². The molecule has 0 aromatic rings. The second kappa shape index (κ2) is 6.21. The quantitative estimate of drug-likeness (QED) is 0.523. The van der Waals surface area contributed by atoms with Crippen LogP contribution in [0.25, 0.3) is 0 Å². The van der Waals surface area contributed by atoms with E-state index in [2.05, 4.69) is 32.6 Å². The Labute approximate surface area is 71.0 Å². The maximum Gasteiger partial charge on any atom is -0.0345 e. The molecular formula is C11H20. The van der Waals surface area contributed by atoms with Gasteiger partial charge in [-0.3, -0.25) is 0 Å². The van der Waals surface area contributed by atoms with E-state index in [4.69, 9.17) is 0 Å². The SMILES string of the molecule is C=C(C)C=CCCC(C)CC. The highest BCUT2D eigenvalue weighted by molar-refractivity contribution is 5.10. The van der Waals surface area contributed by atoms with Crippen LogP contribution in [0.4, 0.5) is 0 Å². The minimum atomic E-state index is 0.866. The maximum atomic E-state index is 3.81. The van der Waals surface area contributed by atoms with E-state index in [1.54, 1.807) is 0 Å². The molecule has 0 heterocycles. The first-order valence-electron chi connectivity index (χ1n) is 4.48. The van der Waals surface area contributed by atoms with Crippen molar-refractivity contribution in [3.8, 4) is 0 Å². The first-order valence-corrected chi connectivity index (χ1v) is 4.48. The molecule has 1 atom stereocenters. The van der Waals surface area contributed by atoms with Crippen molar-refractivity contribution < 1.29 is 0 Å². The molecule has 0 aliphatic carbocycles. The van der Waals surface area contributed by atoms with Gasteiger partial charge in [-0.25, -0.2) is 0 Å². The molecule has 64 valence electrons. The average Bonchev–Trinajstić information content (AvgIpc) is 1.97. The fraction of sp³-hybridized carbons (Fsp3) is 0.636. The molecule has 0 heteroatoms. The Bertz CT molecular complexity index is 131. The number of allylic oxidation sites excluding steroid dienone is 3. The summed E-state index contributed by atoms with van der Waals surface area (Å²) in [7, 11) is 0. The van der Waals surface area contributed by atoms with Crippen LogP contribution >= 0.6 is 0 Å². The monoisotopic (exact) mass is 152 g/mol. The van der Waals surface area contributed by atoms with Gasteiger partial charge in [-0.05, 0) is 25.7 Å². The van der Waals surface area contributed by atoms with Gasteiger partial charge >= 0.3 is 0 Å². The summed E-state index contributed by atoms with van der Waals surface area (Å²) in [6.45, 7) is 10.4. The average molecular weight is 152 g/mol. The summed E-state index contributed by atoms with van der Waals surface area (Å²) in [6.07, 6.45) is 8.11. The van der Waals surface area contributed by atoms with Crippen LogP contribution in [0.1, 0.15) is 40.0 Å². The van der Waals surface area contributed by atoms with Crippen molar-refractivity contribution in [2.24, 2.45) is 5.92 Å². The van der Waals surface area contributed by atoms with Gasteiger partial charge in [-0.2, -0.15) is 0 Å². The second-order valence-electron chi connectivity index (χ2n) is 3.34. The van der Waals surface area contributed by atoms with E-state index in [-0.39, 0.29) is 0 Å². The van der Waals surface area contributed by atoms with Crippen LogP contribution < -0.4 is 0 Å². The Balaban J connectivity index is 3.33. The Morgan fingerprint density at radius 2 is 2.18 bits per heavy atom. The summed E-state index contributed by atoms with van der Waals surface area (Å²) in [5.74, 6) is 0.866. The Morgan fingerprint density at radius 3 is 2.64 bits per heavy atom. The minimum Gasteiger partial charge on any atom is -0.0961 e. The van der Waals surface area contributed by atoms with Crippen molar-refractivity contribution >= 4 is 0 Å². The highest BCUT2D eigenvalue weighted by Gasteiger charge is 1.94. The van der Waals surface area contributed by atoms with Gasteiger partial charge in [-0.1, -0.05) is 44.6 Å². The zero-order valence-corrected chi connectivity index (χ0v) is 8.06. The number of rotatable bonds is 5. The fourth-order valence-electron chi connectivity index (χ4n) is 0.869. The smallest absolute Gasteiger partial charge is 0.0345 e. The van der Waals surface area contributed by atoms with Gasteiger partial charge in [-0.15, -0.1) is 0 Å². The largest absolute Gasteiger partial charge is 0.0961 e. The van der Waals surface area contributed by atoms with E-state index in [1.807, 2.05) is 6.92 Å². The van der Waals surface area contributed by atoms with Crippen molar-refractivity contribution in [2.45, 2.75) is 40.0 Å². The summed E-state index contributed by atoms with van der Waals surface area (Å²) < 4.78 is 0. The van der Waals surface area contributed by atoms with E-state index in [0.717, 1.165) is 11.5 Å². The minimum absolute atomic E-state index is 0.866. The van der Waals surface area contributed by atoms with E-state index < -0.39 is 0 Å². The van der Waals surface area contributed by atoms with Crippen LogP contribution in [0.3, 0.4) is 0 Å². The third-order valence-corrected chi connectivity index (χ3v) is 1.93. The topological polar surface area (TPSA) is 0 Å². The normalized spacial score (nSPS) is 13.7. The molecule has 0 aromatic carbocycles. The zero-order chi connectivity index (χ0) is 8.69. The van der Waals surface area contributed by atoms with Gasteiger partial charge in [0.2, 0.25) is 0 Å². The first kappa shape index (κ1) is 10.5. The lowest BCUT2D eigenvalue weighted by molar-refractivity contribution is 0.522. The standard InChI is InChI=1S/C11H20/c1-5-11(4)9-7-6-8-10(2)3/h6,8,11H,2,5,7,9H2,1,3-4H3. The van der Waals surface area contributed by atoms with Crippen molar-refractivity contribution in [3.63, 3.8) is 0 Å². The van der Waals surface area contributed by atoms with Crippen molar-refractivity contribution in [3.05, 3.63) is 24.3 Å². The van der Waals surface area contributed by atoms with Crippen LogP contribution in [0.5, 0.6) is 0 Å². The highest BCUT2D eigenvalue weighted by atomic mass is 14.0. The molecule has 0 amide bonds. The maximum absolute atomic E-state index is 3.81. The molecule has 1 unspecified atom stereocenters. The third-order valence-electron chi connectivity index (χ3n) is 1.93. The van der Waals surface area contributed by atoms with Gasteiger partial charge < -0.3 is 0 Å². The predicted molar refractivity (Wildman–Crippen MR) is 52.6 cm³/mol. The summed E-state index contributed by atoms with van der Waals surface area (Å²) in [5.41, 5.74) is 1.15. The van der Waals surface area contributed by atoms with Crippen molar-refractivity contribution in [2.75, 3.05) is 0 Å². The molecule has 0 saturated carbocycles. The van der Waals surface area contributed by atoms with Crippen molar-refractivity contribution in [1.82, 2.24) is 0 Å². The van der Waals surface area contributed by atoms with E-state index in [0.29, 0.717) is 0 Å². The van der Waals surface area contributed by atoms with Crippen LogP contribution in [0.15, 0.2) is 24.3 Å². The van der Waals surface area contributed by atoms with E-state index >= 15 is 0 Å². The van der Waals surface area contributed by atoms with Crippen LogP contribution in [-0.2, 0) is 0 Å². The number of hydrogen-bond acceptors (Lipinski definition) is 0. The van der Waals surface area contributed by atoms with E-state index in [9.17, 15) is 0 Å². The molecule has 0 bridgehead atoms. The lowest BCUT2D eigenvalue weighted by atomic mass is 10.0. The summed E-state index contributed by atoms with van der Waals surface area (Å²) in [6, 6.07) is 0. The fourth-order valence-corrected chi connectivity index (χ4v) is 0.869. The van der Waals surface area contributed by atoms with Gasteiger partial charge in [0.1, 0.15) is 0 Å². The molecule has 0 radical (unpaired) electrons. The summed E-state index contributed by atoms with van der Waals surface area (Å²) in [5, 5.41) is 0. The third kappa shape index (κ3) is 7.38. The number of hydrogen-bond donors (Lipinski definition) is 0. The Kier molecular flexibility index (Phi) is 5.91. The molecule has 0 saturated heterocycles. The molecule has 0 rings (SSSR count). The van der Waals surface area contributed by atoms with Crippen LogP contribution in [0, 0.1) is 5.92 Å². The Morgan fingerprint density at radius 1 is 1.55 bits per heavy atom. The second-order valence-corrected chi connectivity index (χ2v) is 3.34. The lowest BCUT2D eigenvalue weighted by Gasteiger charge is -2.03. The lowest BCUT2D eigenvalue weighted by Crippen LogP contribution is -1.89. The highest BCUT2D eigenvalue weighted by Crippen LogP contribution is 2.09. The van der Waals surface area contributed by atoms with Gasteiger partial charge in [0, 0.05) is 0 Å². The molecule has 0 fully saturated rings. The molecule has 0 aliphatic heterocycles. The molecule has 0 aromatic heterocycles. The molecule has 0 nitrogen and oxygen atoms in total. The van der Waals surface area contributed by atoms with Gasteiger partial charge in [0.25, 0.3) is 0 Å². The molecule has 11 heavy (non-hydrogen) atoms. The predicted octanol–water partition coefficient (Wildman–Crippen LogP) is 3.95. The summed E-state index contributed by atoms with van der Waals surface area (Å²) >= 11 is 0. The van der Waals surface area contributed by atoms with Gasteiger partial charge in [0.05, 0.1) is 0 Å². The van der Waals surface area contributed by atoms with Crippen molar-refractivity contribution in [1.29, 1.82) is 0 Å². The van der Waals surface area contributed by atoms with Gasteiger partial charge in [0.15, 0.2) is 0 Å².